The van der Waals surface area contributed by atoms with E-state index in [9.17, 15) is 27.9 Å². The molecule has 0 bridgehead atoms. The quantitative estimate of drug-likeness (QED) is 0.427. The van der Waals surface area contributed by atoms with Gasteiger partial charge in [-0.2, -0.15) is 13.2 Å². The summed E-state index contributed by atoms with van der Waals surface area (Å²) in [5.41, 5.74) is 7.16. The zero-order chi connectivity index (χ0) is 26.7. The van der Waals surface area contributed by atoms with Crippen LogP contribution in [0, 0.1) is 0 Å². The van der Waals surface area contributed by atoms with Gasteiger partial charge >= 0.3 is 12.3 Å². The number of aromatic nitrogens is 1. The van der Waals surface area contributed by atoms with Crippen molar-refractivity contribution < 1.29 is 37.3 Å². The average molecular weight is 523 g/mol. The molecule has 1 atom stereocenters. The van der Waals surface area contributed by atoms with Gasteiger partial charge in [-0.05, 0) is 42.3 Å². The monoisotopic (exact) mass is 523 g/mol. The number of carbonyl (C=O) groups is 2. The molecule has 4 N–H and O–H groups in total. The van der Waals surface area contributed by atoms with Crippen molar-refractivity contribution in [3.63, 3.8) is 0 Å². The second kappa shape index (κ2) is 10.5. The lowest BCUT2D eigenvalue weighted by atomic mass is 10.0. The zero-order valence-corrected chi connectivity index (χ0v) is 19.8. The Morgan fingerprint density at radius 2 is 1.97 bits per heavy atom. The summed E-state index contributed by atoms with van der Waals surface area (Å²) in [6, 6.07) is 7.70. The molecule has 0 saturated carbocycles. The number of ether oxygens (including phenoxy) is 2. The number of hydrogen-bond acceptors (Lipinski definition) is 10. The number of aliphatic hydroxyl groups excluding tert-OH is 1. The molecule has 2 amide bonds. The molecule has 4 rings (SSSR count). The molecule has 0 fully saturated rings. The van der Waals surface area contributed by atoms with Gasteiger partial charge in [-0.3, -0.25) is 14.7 Å². The number of nitrogens with one attached hydrogen (secondary N) is 3. The molecule has 3 heterocycles. The molecular formula is C22H24F3N7O5. The number of amidine groups is 1. The summed E-state index contributed by atoms with van der Waals surface area (Å²) in [4.78, 5) is 30.7. The van der Waals surface area contributed by atoms with Gasteiger partial charge in [0.15, 0.2) is 12.4 Å². The van der Waals surface area contributed by atoms with Crippen LogP contribution in [0.15, 0.2) is 35.4 Å². The highest BCUT2D eigenvalue weighted by atomic mass is 19.4. The maximum atomic E-state index is 13.1. The largest absolute Gasteiger partial charge is 0.496 e. The molecule has 12 nitrogen and oxygen atoms in total. The third-order valence-electron chi connectivity index (χ3n) is 5.59. The van der Waals surface area contributed by atoms with Gasteiger partial charge in [0.05, 0.1) is 25.3 Å². The fourth-order valence-corrected chi connectivity index (χ4v) is 3.77. The fourth-order valence-electron chi connectivity index (χ4n) is 3.77. The van der Waals surface area contributed by atoms with Crippen molar-refractivity contribution in [2.75, 3.05) is 25.6 Å². The standard InChI is InChI=1S/C22H24F3N7O5/c1-12(10-33)32-19(28-29-30-32)16-4-3-5-18(26-16)27-20(34)15-6-13-8-31(9-14(13)7-17(15)36-2)21(35)37-11-22(23,24)25/h3-7,12,29-30,33H,8-11H2,1-2H3,(H,26,27,34). The number of hydrogen-bond donors (Lipinski definition) is 4. The molecule has 0 radical (unpaired) electrons. The van der Waals surface area contributed by atoms with Crippen molar-refractivity contribution in [1.29, 1.82) is 0 Å². The van der Waals surface area contributed by atoms with E-state index in [0.717, 1.165) is 4.90 Å². The number of hydrazine groups is 2. The molecule has 2 aliphatic rings. The third kappa shape index (κ3) is 5.83. The van der Waals surface area contributed by atoms with E-state index in [2.05, 4.69) is 31.2 Å². The molecule has 198 valence electrons. The molecule has 37 heavy (non-hydrogen) atoms. The molecule has 15 heteroatoms. The minimum atomic E-state index is -4.63. The summed E-state index contributed by atoms with van der Waals surface area (Å²) < 4.78 is 46.8. The molecule has 0 spiro atoms. The predicted octanol–water partition coefficient (Wildman–Crippen LogP) is 1.72. The van der Waals surface area contributed by atoms with Crippen LogP contribution in [0.1, 0.15) is 34.1 Å². The highest BCUT2D eigenvalue weighted by Crippen LogP contribution is 2.31. The Hall–Kier alpha value is -4.11. The summed E-state index contributed by atoms with van der Waals surface area (Å²) in [5.74, 6) is 0.292. The molecule has 2 aromatic rings. The number of nitrogens with zero attached hydrogens (tertiary/aromatic N) is 4. The van der Waals surface area contributed by atoms with E-state index < -0.39 is 24.8 Å². The summed E-state index contributed by atoms with van der Waals surface area (Å²) >= 11 is 0. The number of hydrazone groups is 1. The summed E-state index contributed by atoms with van der Waals surface area (Å²) in [6.07, 6.45) is -5.74. The van der Waals surface area contributed by atoms with Crippen molar-refractivity contribution in [3.05, 3.63) is 52.7 Å². The number of alkyl halides is 3. The Kier molecular flexibility index (Phi) is 7.35. The highest BCUT2D eigenvalue weighted by molar-refractivity contribution is 6.06. The number of benzene rings is 1. The van der Waals surface area contributed by atoms with Gasteiger partial charge in [0, 0.05) is 13.1 Å². The molecule has 1 unspecified atom stereocenters. The van der Waals surface area contributed by atoms with Crippen LogP contribution < -0.4 is 21.1 Å². The Bertz CT molecular complexity index is 1220. The molecule has 2 aliphatic heterocycles. The van der Waals surface area contributed by atoms with E-state index in [1.54, 1.807) is 36.2 Å². The van der Waals surface area contributed by atoms with Crippen LogP contribution in [0.5, 0.6) is 5.75 Å². The van der Waals surface area contributed by atoms with Gasteiger partial charge in [-0.25, -0.2) is 15.3 Å². The smallest absolute Gasteiger partial charge is 0.422 e. The second-order valence-corrected chi connectivity index (χ2v) is 8.27. The second-order valence-electron chi connectivity index (χ2n) is 8.27. The van der Waals surface area contributed by atoms with Gasteiger partial charge in [0.25, 0.3) is 5.91 Å². The molecule has 0 aliphatic carbocycles. The first-order valence-corrected chi connectivity index (χ1v) is 11.0. The first kappa shape index (κ1) is 26.0. The van der Waals surface area contributed by atoms with Crippen molar-refractivity contribution >= 4 is 23.7 Å². The van der Waals surface area contributed by atoms with E-state index in [1.807, 2.05) is 0 Å². The lowest BCUT2D eigenvalue weighted by Crippen LogP contribution is -2.48. The normalized spacial score (nSPS) is 15.6. The predicted molar refractivity (Wildman–Crippen MR) is 123 cm³/mol. The minimum absolute atomic E-state index is 0.0147. The van der Waals surface area contributed by atoms with Gasteiger partial charge in [-0.1, -0.05) is 6.07 Å². The Balaban J connectivity index is 1.49. The lowest BCUT2D eigenvalue weighted by Gasteiger charge is -2.24. The number of aliphatic hydroxyl groups is 1. The maximum Gasteiger partial charge on any atom is 0.422 e. The van der Waals surface area contributed by atoms with Crippen molar-refractivity contribution in [2.24, 2.45) is 5.10 Å². The highest BCUT2D eigenvalue weighted by Gasteiger charge is 2.33. The van der Waals surface area contributed by atoms with E-state index in [0.29, 0.717) is 22.7 Å². The Morgan fingerprint density at radius 3 is 2.65 bits per heavy atom. The third-order valence-corrected chi connectivity index (χ3v) is 5.59. The van der Waals surface area contributed by atoms with Crippen LogP contribution in [-0.2, 0) is 17.8 Å². The van der Waals surface area contributed by atoms with Crippen LogP contribution in [0.25, 0.3) is 0 Å². The van der Waals surface area contributed by atoms with Crippen LogP contribution in [0.2, 0.25) is 0 Å². The van der Waals surface area contributed by atoms with Crippen molar-refractivity contribution in [2.45, 2.75) is 32.2 Å². The van der Waals surface area contributed by atoms with Crippen LogP contribution in [0.4, 0.5) is 23.8 Å². The van der Waals surface area contributed by atoms with Gasteiger partial charge in [-0.15, -0.1) is 10.6 Å². The van der Waals surface area contributed by atoms with Crippen molar-refractivity contribution in [3.8, 4) is 5.75 Å². The number of rotatable bonds is 7. The number of halogens is 3. The van der Waals surface area contributed by atoms with Gasteiger partial charge in [0.2, 0.25) is 0 Å². The van der Waals surface area contributed by atoms with Crippen LogP contribution >= 0.6 is 0 Å². The molecular weight excluding hydrogens is 499 g/mol. The Morgan fingerprint density at radius 1 is 1.24 bits per heavy atom. The number of carbonyl (C=O) groups excluding carboxylic acids is 2. The van der Waals surface area contributed by atoms with E-state index in [1.165, 1.54) is 13.2 Å². The average Bonchev–Trinajstić information content (AvgIpc) is 3.52. The number of pyridine rings is 1. The van der Waals surface area contributed by atoms with Crippen molar-refractivity contribution in [1.82, 2.24) is 26.0 Å². The fraction of sp³-hybridized carbons (Fsp3) is 0.364. The first-order chi connectivity index (χ1) is 17.6. The Labute approximate surface area is 209 Å². The zero-order valence-electron chi connectivity index (χ0n) is 19.8. The van der Waals surface area contributed by atoms with E-state index in [4.69, 9.17) is 4.74 Å². The topological polar surface area (TPSA) is 141 Å². The molecule has 1 aromatic heterocycles. The van der Waals surface area contributed by atoms with Crippen LogP contribution in [-0.4, -0.2) is 70.4 Å². The number of methoxy groups -OCH3 is 1. The van der Waals surface area contributed by atoms with E-state index in [-0.39, 0.29) is 42.9 Å². The van der Waals surface area contributed by atoms with E-state index >= 15 is 0 Å². The SMILES string of the molecule is COc1cc2c(cc1C(=O)Nc1cccc(C3=NNNN3C(C)CO)n1)CN(C(=O)OCC(F)(F)F)C2. The summed E-state index contributed by atoms with van der Waals surface area (Å²) in [6.45, 7) is -0.0569. The number of fused-ring (bicyclic) bond motifs is 1. The summed E-state index contributed by atoms with van der Waals surface area (Å²) in [7, 11) is 1.37. The maximum absolute atomic E-state index is 13.1. The van der Waals surface area contributed by atoms with Crippen LogP contribution in [0.3, 0.4) is 0 Å². The summed E-state index contributed by atoms with van der Waals surface area (Å²) in [5, 5.41) is 17.9. The first-order valence-electron chi connectivity index (χ1n) is 11.0. The number of amides is 2. The van der Waals surface area contributed by atoms with Gasteiger partial charge < -0.3 is 19.9 Å². The van der Waals surface area contributed by atoms with Gasteiger partial charge in [0.1, 0.15) is 17.3 Å². The number of anilines is 1. The minimum Gasteiger partial charge on any atom is -0.496 e. The lowest BCUT2D eigenvalue weighted by molar-refractivity contribution is -0.162. The molecule has 0 saturated heterocycles. The molecule has 1 aromatic carbocycles.